The third-order valence-corrected chi connectivity index (χ3v) is 12.8. The fraction of sp³-hybridized carbons (Fsp3) is 0.868. The first-order valence-corrected chi connectivity index (χ1v) is 27.8. The van der Waals surface area contributed by atoms with Gasteiger partial charge in [-0.05, 0) is 51.4 Å². The van der Waals surface area contributed by atoms with E-state index >= 15 is 0 Å². The molecule has 3 unspecified atom stereocenters. The molecular formula is C53H103N2O6P. The molecule has 9 heteroatoms. The minimum absolute atomic E-state index is 0.00252. The highest BCUT2D eigenvalue weighted by Gasteiger charge is 2.23. The lowest BCUT2D eigenvalue weighted by molar-refractivity contribution is -0.870. The standard InChI is InChI=1S/C53H103N2O6P/c1-6-8-10-12-14-16-18-20-22-24-26-27-28-29-30-32-34-36-38-40-42-44-46-52(56)51(50-61-62(58,59)60-49-48-55(3,4)5)54-53(57)47-45-43-41-39-37-35-33-31-25-23-21-19-17-15-13-11-9-7-2/h17,19,23,25,44,46,51-52,56H,6-16,18,20-22,24,26-43,45,47-50H2,1-5H3,(H-,54,57,58,59)/b19-17-,25-23-,46-44+. The van der Waals surface area contributed by atoms with Crippen molar-refractivity contribution in [3.05, 3.63) is 36.5 Å². The molecule has 0 aromatic heterocycles. The van der Waals surface area contributed by atoms with Crippen molar-refractivity contribution < 1.29 is 32.9 Å². The van der Waals surface area contributed by atoms with Crippen LogP contribution in [0.4, 0.5) is 0 Å². The van der Waals surface area contributed by atoms with Crippen molar-refractivity contribution in [2.75, 3.05) is 40.9 Å². The SMILES string of the molecule is CCCCCC/C=C\C/C=C\CCCCCCCCCC(=O)NC(COP(=O)([O-])OCC[N+](C)(C)C)C(O)/C=C/CCCCCCCCCCCCCCCCCCCCCC. The number of hydrogen-bond acceptors (Lipinski definition) is 6. The van der Waals surface area contributed by atoms with Gasteiger partial charge in [-0.2, -0.15) is 0 Å². The number of rotatable bonds is 48. The number of phosphoric ester groups is 1. The van der Waals surface area contributed by atoms with Crippen molar-refractivity contribution in [3.63, 3.8) is 0 Å². The second-order valence-electron chi connectivity index (χ2n) is 19.2. The second kappa shape index (κ2) is 44.9. The number of aliphatic hydroxyl groups is 1. The quantitative estimate of drug-likeness (QED) is 0.0273. The van der Waals surface area contributed by atoms with Crippen LogP contribution in [0.3, 0.4) is 0 Å². The molecule has 0 fully saturated rings. The van der Waals surface area contributed by atoms with Gasteiger partial charge in [0.25, 0.3) is 7.82 Å². The van der Waals surface area contributed by atoms with Crippen molar-refractivity contribution in [2.45, 2.75) is 257 Å². The van der Waals surface area contributed by atoms with E-state index in [2.05, 4.69) is 43.5 Å². The average molecular weight is 895 g/mol. The maximum atomic E-state index is 12.9. The molecule has 0 aromatic carbocycles. The predicted octanol–water partition coefficient (Wildman–Crippen LogP) is 14.8. The topological polar surface area (TPSA) is 108 Å². The summed E-state index contributed by atoms with van der Waals surface area (Å²) < 4.78 is 23.3. The molecule has 0 bridgehead atoms. The Hall–Kier alpha value is -1.28. The highest BCUT2D eigenvalue weighted by Crippen LogP contribution is 2.38. The summed E-state index contributed by atoms with van der Waals surface area (Å²) >= 11 is 0. The number of hydrogen-bond donors (Lipinski definition) is 2. The van der Waals surface area contributed by atoms with Gasteiger partial charge in [0.2, 0.25) is 5.91 Å². The summed E-state index contributed by atoms with van der Waals surface area (Å²) in [7, 11) is 1.26. The maximum absolute atomic E-state index is 12.9. The molecule has 0 aliphatic carbocycles. The molecule has 0 spiro atoms. The number of carbonyl (C=O) groups excluding carboxylic acids is 1. The molecule has 0 aromatic rings. The molecule has 0 saturated carbocycles. The molecule has 0 saturated heterocycles. The number of quaternary nitrogens is 1. The average Bonchev–Trinajstić information content (AvgIpc) is 3.23. The van der Waals surface area contributed by atoms with Crippen molar-refractivity contribution in [1.29, 1.82) is 0 Å². The molecule has 62 heavy (non-hydrogen) atoms. The molecule has 8 nitrogen and oxygen atoms in total. The van der Waals surface area contributed by atoms with Crippen LogP contribution in [0.2, 0.25) is 0 Å². The number of allylic oxidation sites excluding steroid dienone is 5. The van der Waals surface area contributed by atoms with E-state index in [1.807, 2.05) is 27.2 Å². The lowest BCUT2D eigenvalue weighted by Gasteiger charge is -2.29. The zero-order chi connectivity index (χ0) is 45.7. The van der Waals surface area contributed by atoms with Gasteiger partial charge in [-0.1, -0.05) is 224 Å². The van der Waals surface area contributed by atoms with Crippen molar-refractivity contribution in [1.82, 2.24) is 5.32 Å². The summed E-state index contributed by atoms with van der Waals surface area (Å²) in [6.07, 6.45) is 56.3. The molecule has 0 radical (unpaired) electrons. The van der Waals surface area contributed by atoms with Gasteiger partial charge < -0.3 is 28.8 Å². The van der Waals surface area contributed by atoms with E-state index in [1.165, 1.54) is 173 Å². The van der Waals surface area contributed by atoms with E-state index in [-0.39, 0.29) is 19.1 Å². The van der Waals surface area contributed by atoms with E-state index in [1.54, 1.807) is 6.08 Å². The van der Waals surface area contributed by atoms with Crippen LogP contribution in [0.25, 0.3) is 0 Å². The third-order valence-electron chi connectivity index (χ3n) is 11.8. The normalized spacial score (nSPS) is 14.4. The zero-order valence-corrected chi connectivity index (χ0v) is 42.5. The Morgan fingerprint density at radius 3 is 1.35 bits per heavy atom. The van der Waals surface area contributed by atoms with Crippen LogP contribution in [0, 0.1) is 0 Å². The smallest absolute Gasteiger partial charge is 0.268 e. The fourth-order valence-electron chi connectivity index (χ4n) is 7.65. The third kappa shape index (κ3) is 46.7. The molecule has 0 aliphatic heterocycles. The number of aliphatic hydroxyl groups excluding tert-OH is 1. The molecule has 366 valence electrons. The van der Waals surface area contributed by atoms with Gasteiger partial charge >= 0.3 is 0 Å². The van der Waals surface area contributed by atoms with Gasteiger partial charge in [0, 0.05) is 6.42 Å². The Bertz CT molecular complexity index is 1110. The van der Waals surface area contributed by atoms with E-state index < -0.39 is 20.0 Å². The minimum atomic E-state index is -4.59. The summed E-state index contributed by atoms with van der Waals surface area (Å²) in [6, 6.07) is -0.890. The summed E-state index contributed by atoms with van der Waals surface area (Å²) in [6.45, 7) is 4.65. The monoisotopic (exact) mass is 895 g/mol. The van der Waals surface area contributed by atoms with Crippen molar-refractivity contribution >= 4 is 13.7 Å². The van der Waals surface area contributed by atoms with Crippen LogP contribution in [-0.2, 0) is 18.4 Å². The fourth-order valence-corrected chi connectivity index (χ4v) is 8.38. The Morgan fingerprint density at radius 2 is 0.935 bits per heavy atom. The van der Waals surface area contributed by atoms with Crippen LogP contribution < -0.4 is 10.2 Å². The van der Waals surface area contributed by atoms with E-state index in [9.17, 15) is 19.4 Å². The molecular weight excluding hydrogens is 792 g/mol. The largest absolute Gasteiger partial charge is 0.756 e. The maximum Gasteiger partial charge on any atom is 0.268 e. The van der Waals surface area contributed by atoms with Crippen LogP contribution in [0.15, 0.2) is 36.5 Å². The van der Waals surface area contributed by atoms with Gasteiger partial charge in [0.15, 0.2) is 0 Å². The van der Waals surface area contributed by atoms with E-state index in [4.69, 9.17) is 9.05 Å². The van der Waals surface area contributed by atoms with Crippen LogP contribution in [-0.4, -0.2) is 68.5 Å². The number of carbonyl (C=O) groups is 1. The predicted molar refractivity (Wildman–Crippen MR) is 265 cm³/mol. The first kappa shape index (κ1) is 60.7. The zero-order valence-electron chi connectivity index (χ0n) is 41.6. The Labute approximate surface area is 385 Å². The van der Waals surface area contributed by atoms with Gasteiger partial charge in [0.05, 0.1) is 39.9 Å². The van der Waals surface area contributed by atoms with Crippen molar-refractivity contribution in [2.24, 2.45) is 0 Å². The first-order chi connectivity index (χ1) is 30.0. The highest BCUT2D eigenvalue weighted by atomic mass is 31.2. The lowest BCUT2D eigenvalue weighted by Crippen LogP contribution is -2.45. The van der Waals surface area contributed by atoms with E-state index in [0.717, 1.165) is 51.4 Å². The Kier molecular flexibility index (Phi) is 44.0. The van der Waals surface area contributed by atoms with Gasteiger partial charge in [0.1, 0.15) is 13.2 Å². The molecule has 0 rings (SSSR count). The number of phosphoric acid groups is 1. The number of unbranched alkanes of at least 4 members (excludes halogenated alkanes) is 31. The van der Waals surface area contributed by atoms with Crippen LogP contribution in [0.5, 0.6) is 0 Å². The molecule has 0 heterocycles. The number of likely N-dealkylation sites (N-methyl/N-ethyl adjacent to an activating group) is 1. The molecule has 1 amide bonds. The van der Waals surface area contributed by atoms with Gasteiger partial charge in [-0.15, -0.1) is 0 Å². The number of nitrogens with one attached hydrogen (secondary N) is 1. The second-order valence-corrected chi connectivity index (χ2v) is 20.6. The Morgan fingerprint density at radius 1 is 0.565 bits per heavy atom. The summed E-state index contributed by atoms with van der Waals surface area (Å²) in [5.41, 5.74) is 0. The van der Waals surface area contributed by atoms with Crippen LogP contribution >= 0.6 is 7.82 Å². The van der Waals surface area contributed by atoms with Crippen molar-refractivity contribution in [3.8, 4) is 0 Å². The summed E-state index contributed by atoms with van der Waals surface area (Å²) in [5.74, 6) is -0.204. The summed E-state index contributed by atoms with van der Waals surface area (Å²) in [4.78, 5) is 25.4. The molecule has 0 aliphatic rings. The lowest BCUT2D eigenvalue weighted by atomic mass is 10.0. The minimum Gasteiger partial charge on any atom is -0.756 e. The number of nitrogens with zero attached hydrogens (tertiary/aromatic N) is 1. The molecule has 3 atom stereocenters. The van der Waals surface area contributed by atoms with Crippen LogP contribution in [0.1, 0.15) is 245 Å². The van der Waals surface area contributed by atoms with E-state index in [0.29, 0.717) is 17.4 Å². The molecule has 2 N–H and O–H groups in total. The Balaban J connectivity index is 4.30. The van der Waals surface area contributed by atoms with Gasteiger partial charge in [-0.3, -0.25) is 9.36 Å². The van der Waals surface area contributed by atoms with Gasteiger partial charge in [-0.25, -0.2) is 0 Å². The first-order valence-electron chi connectivity index (χ1n) is 26.4. The summed E-state index contributed by atoms with van der Waals surface area (Å²) in [5, 5.41) is 13.9. The number of amides is 1. The highest BCUT2D eigenvalue weighted by molar-refractivity contribution is 7.45.